The second-order valence-electron chi connectivity index (χ2n) is 4.88. The van der Waals surface area contributed by atoms with Gasteiger partial charge in [0.2, 0.25) is 0 Å². The van der Waals surface area contributed by atoms with Crippen LogP contribution in [0.2, 0.25) is 5.15 Å². The van der Waals surface area contributed by atoms with E-state index in [4.69, 9.17) is 16.3 Å². The van der Waals surface area contributed by atoms with E-state index < -0.39 is 0 Å². The Hall–Kier alpha value is -1.97. The van der Waals surface area contributed by atoms with Crippen molar-refractivity contribution in [1.82, 2.24) is 4.57 Å². The first kappa shape index (κ1) is 14.0. The SMILES string of the molecule is COc1ccc2c(c1)c(CO)c(Cl)n2Cc1ccccc1. The highest BCUT2D eigenvalue weighted by Gasteiger charge is 2.15. The maximum Gasteiger partial charge on any atom is 0.119 e. The lowest BCUT2D eigenvalue weighted by molar-refractivity contribution is 0.283. The summed E-state index contributed by atoms with van der Waals surface area (Å²) in [5, 5.41) is 11.1. The van der Waals surface area contributed by atoms with E-state index in [9.17, 15) is 5.11 Å². The fourth-order valence-electron chi connectivity index (χ4n) is 2.57. The summed E-state index contributed by atoms with van der Waals surface area (Å²) in [5.41, 5.74) is 2.90. The first-order valence-electron chi connectivity index (χ1n) is 6.74. The third-order valence-corrected chi connectivity index (χ3v) is 4.08. The number of aromatic nitrogens is 1. The van der Waals surface area contributed by atoms with Gasteiger partial charge in [-0.1, -0.05) is 41.9 Å². The Balaban J connectivity index is 2.16. The van der Waals surface area contributed by atoms with Crippen LogP contribution in [-0.4, -0.2) is 16.8 Å². The summed E-state index contributed by atoms with van der Waals surface area (Å²) < 4.78 is 7.27. The van der Waals surface area contributed by atoms with E-state index in [1.165, 1.54) is 0 Å². The summed E-state index contributed by atoms with van der Waals surface area (Å²) in [7, 11) is 1.63. The maximum absolute atomic E-state index is 9.62. The van der Waals surface area contributed by atoms with Gasteiger partial charge in [0, 0.05) is 17.5 Å². The maximum atomic E-state index is 9.62. The molecular formula is C17H16ClNO2. The minimum absolute atomic E-state index is 0.0930. The fraction of sp³-hybridized carbons (Fsp3) is 0.176. The van der Waals surface area contributed by atoms with E-state index >= 15 is 0 Å². The van der Waals surface area contributed by atoms with Crippen LogP contribution in [0.25, 0.3) is 10.9 Å². The molecule has 0 amide bonds. The van der Waals surface area contributed by atoms with E-state index in [-0.39, 0.29) is 6.61 Å². The molecule has 108 valence electrons. The van der Waals surface area contributed by atoms with Crippen LogP contribution < -0.4 is 4.74 Å². The predicted molar refractivity (Wildman–Crippen MR) is 85.0 cm³/mol. The van der Waals surface area contributed by atoms with Gasteiger partial charge in [-0.3, -0.25) is 0 Å². The molecule has 0 spiro atoms. The summed E-state index contributed by atoms with van der Waals surface area (Å²) in [5.74, 6) is 0.755. The van der Waals surface area contributed by atoms with Crippen molar-refractivity contribution in [3.63, 3.8) is 0 Å². The highest BCUT2D eigenvalue weighted by atomic mass is 35.5. The number of rotatable bonds is 4. The van der Waals surface area contributed by atoms with Crippen LogP contribution in [0.1, 0.15) is 11.1 Å². The molecule has 21 heavy (non-hydrogen) atoms. The molecule has 1 heterocycles. The summed E-state index contributed by atoms with van der Waals surface area (Å²) in [6.45, 7) is 0.576. The normalized spacial score (nSPS) is 11.0. The summed E-state index contributed by atoms with van der Waals surface area (Å²) in [6, 6.07) is 15.9. The summed E-state index contributed by atoms with van der Waals surface area (Å²) in [4.78, 5) is 0. The number of aliphatic hydroxyl groups excluding tert-OH is 1. The molecule has 0 bridgehead atoms. The van der Waals surface area contributed by atoms with Crippen LogP contribution in [0.3, 0.4) is 0 Å². The minimum atomic E-state index is -0.0930. The van der Waals surface area contributed by atoms with E-state index in [0.29, 0.717) is 11.7 Å². The Labute approximate surface area is 128 Å². The molecule has 0 aliphatic rings. The zero-order valence-electron chi connectivity index (χ0n) is 11.7. The average molecular weight is 302 g/mol. The Bertz CT molecular complexity index is 765. The average Bonchev–Trinajstić information content (AvgIpc) is 2.79. The Morgan fingerprint density at radius 3 is 2.57 bits per heavy atom. The topological polar surface area (TPSA) is 34.4 Å². The van der Waals surface area contributed by atoms with Gasteiger partial charge in [-0.25, -0.2) is 0 Å². The van der Waals surface area contributed by atoms with Crippen molar-refractivity contribution in [2.45, 2.75) is 13.2 Å². The van der Waals surface area contributed by atoms with Gasteiger partial charge in [-0.2, -0.15) is 0 Å². The predicted octanol–water partition coefficient (Wildman–Crippen LogP) is 3.84. The monoisotopic (exact) mass is 301 g/mol. The molecular weight excluding hydrogens is 286 g/mol. The van der Waals surface area contributed by atoms with Crippen LogP contribution in [0.15, 0.2) is 48.5 Å². The molecule has 4 heteroatoms. The van der Waals surface area contributed by atoms with Crippen molar-refractivity contribution >= 4 is 22.5 Å². The quantitative estimate of drug-likeness (QED) is 0.794. The number of hydrogen-bond acceptors (Lipinski definition) is 2. The molecule has 0 saturated carbocycles. The number of halogens is 1. The van der Waals surface area contributed by atoms with Crippen LogP contribution >= 0.6 is 11.6 Å². The van der Waals surface area contributed by atoms with Crippen molar-refractivity contribution in [2.24, 2.45) is 0 Å². The lowest BCUT2D eigenvalue weighted by Gasteiger charge is -2.08. The molecule has 0 unspecified atom stereocenters. The second-order valence-corrected chi connectivity index (χ2v) is 5.24. The summed E-state index contributed by atoms with van der Waals surface area (Å²) >= 11 is 6.46. The third-order valence-electron chi connectivity index (χ3n) is 3.65. The first-order chi connectivity index (χ1) is 10.2. The Morgan fingerprint density at radius 2 is 1.90 bits per heavy atom. The Kier molecular flexibility index (Phi) is 3.86. The van der Waals surface area contributed by atoms with Crippen molar-refractivity contribution in [1.29, 1.82) is 0 Å². The lowest BCUT2D eigenvalue weighted by atomic mass is 10.2. The molecule has 3 rings (SSSR count). The van der Waals surface area contributed by atoms with Crippen LogP contribution in [0.4, 0.5) is 0 Å². The molecule has 3 aromatic rings. The lowest BCUT2D eigenvalue weighted by Crippen LogP contribution is -1.99. The number of hydrogen-bond donors (Lipinski definition) is 1. The zero-order valence-corrected chi connectivity index (χ0v) is 12.5. The largest absolute Gasteiger partial charge is 0.497 e. The molecule has 1 aromatic heterocycles. The Morgan fingerprint density at radius 1 is 1.14 bits per heavy atom. The smallest absolute Gasteiger partial charge is 0.119 e. The molecule has 0 radical (unpaired) electrons. The van der Waals surface area contributed by atoms with Crippen molar-refractivity contribution in [3.05, 3.63) is 64.8 Å². The van der Waals surface area contributed by atoms with Gasteiger partial charge in [0.05, 0.1) is 19.2 Å². The number of aliphatic hydroxyl groups is 1. The van der Waals surface area contributed by atoms with Gasteiger partial charge in [0.25, 0.3) is 0 Å². The van der Waals surface area contributed by atoms with Crippen molar-refractivity contribution in [3.8, 4) is 5.75 Å². The first-order valence-corrected chi connectivity index (χ1v) is 7.11. The number of fused-ring (bicyclic) bond motifs is 1. The van der Waals surface area contributed by atoms with E-state index in [1.54, 1.807) is 7.11 Å². The molecule has 2 aromatic carbocycles. The zero-order chi connectivity index (χ0) is 14.8. The highest BCUT2D eigenvalue weighted by Crippen LogP contribution is 2.33. The van der Waals surface area contributed by atoms with Gasteiger partial charge in [0.15, 0.2) is 0 Å². The van der Waals surface area contributed by atoms with Gasteiger partial charge >= 0.3 is 0 Å². The summed E-state index contributed by atoms with van der Waals surface area (Å²) in [6.07, 6.45) is 0. The van der Waals surface area contributed by atoms with Crippen LogP contribution in [-0.2, 0) is 13.2 Å². The minimum Gasteiger partial charge on any atom is -0.497 e. The third kappa shape index (κ3) is 2.50. The van der Waals surface area contributed by atoms with E-state index in [2.05, 4.69) is 12.1 Å². The standard InChI is InChI=1S/C17H16ClNO2/c1-21-13-7-8-16-14(9-13)15(11-20)17(18)19(16)10-12-5-3-2-4-6-12/h2-9,20H,10-11H2,1H3. The molecule has 1 N–H and O–H groups in total. The highest BCUT2D eigenvalue weighted by molar-refractivity contribution is 6.32. The molecule has 0 aliphatic carbocycles. The number of ether oxygens (including phenoxy) is 1. The van der Waals surface area contributed by atoms with Crippen LogP contribution in [0, 0.1) is 0 Å². The van der Waals surface area contributed by atoms with Gasteiger partial charge in [0.1, 0.15) is 10.9 Å². The molecule has 0 aliphatic heterocycles. The van der Waals surface area contributed by atoms with E-state index in [0.717, 1.165) is 27.8 Å². The van der Waals surface area contributed by atoms with Gasteiger partial charge in [-0.05, 0) is 23.8 Å². The van der Waals surface area contributed by atoms with Crippen molar-refractivity contribution < 1.29 is 9.84 Å². The van der Waals surface area contributed by atoms with E-state index in [1.807, 2.05) is 41.0 Å². The fourth-order valence-corrected chi connectivity index (χ4v) is 2.88. The van der Waals surface area contributed by atoms with Gasteiger partial charge < -0.3 is 14.4 Å². The number of benzene rings is 2. The van der Waals surface area contributed by atoms with Crippen LogP contribution in [0.5, 0.6) is 5.75 Å². The molecule has 0 saturated heterocycles. The molecule has 0 fully saturated rings. The van der Waals surface area contributed by atoms with Crippen molar-refractivity contribution in [2.75, 3.05) is 7.11 Å². The molecule has 0 atom stereocenters. The second kappa shape index (κ2) is 5.80. The number of nitrogens with zero attached hydrogens (tertiary/aromatic N) is 1. The molecule has 3 nitrogen and oxygen atoms in total. The van der Waals surface area contributed by atoms with Gasteiger partial charge in [-0.15, -0.1) is 0 Å². The number of methoxy groups -OCH3 is 1.